The average molecular weight is 474 g/mol. The van der Waals surface area contributed by atoms with Gasteiger partial charge in [0.05, 0.1) is 17.0 Å². The molecule has 7 heteroatoms. The van der Waals surface area contributed by atoms with Crippen LogP contribution in [0.3, 0.4) is 0 Å². The molecule has 172 valence electrons. The van der Waals surface area contributed by atoms with Crippen LogP contribution in [-0.2, 0) is 0 Å². The molecular weight excluding hydrogens is 450 g/mol. The molecule has 0 saturated heterocycles. The van der Waals surface area contributed by atoms with E-state index in [2.05, 4.69) is 17.0 Å². The van der Waals surface area contributed by atoms with Gasteiger partial charge in [-0.1, -0.05) is 54.1 Å². The maximum atomic E-state index is 12.3. The van der Waals surface area contributed by atoms with Gasteiger partial charge in [-0.05, 0) is 55.0 Å². The number of rotatable bonds is 8. The summed E-state index contributed by atoms with van der Waals surface area (Å²) in [5.74, 6) is 0.775. The number of ether oxygens (including phenoxy) is 1. The van der Waals surface area contributed by atoms with Gasteiger partial charge in [0.15, 0.2) is 0 Å². The van der Waals surface area contributed by atoms with Gasteiger partial charge in [0.1, 0.15) is 5.75 Å². The van der Waals surface area contributed by atoms with Gasteiger partial charge in [0.2, 0.25) is 5.88 Å². The van der Waals surface area contributed by atoms with Crippen LogP contribution in [0.4, 0.5) is 0 Å². The fourth-order valence-corrected chi connectivity index (χ4v) is 3.51. The fourth-order valence-electron chi connectivity index (χ4n) is 3.32. The molecule has 34 heavy (non-hydrogen) atoms. The summed E-state index contributed by atoms with van der Waals surface area (Å²) in [4.78, 5) is 12.3. The fraction of sp³-hybridized carbons (Fsp3) is 0.111. The van der Waals surface area contributed by atoms with Crippen molar-refractivity contribution in [2.75, 3.05) is 6.54 Å². The zero-order valence-electron chi connectivity index (χ0n) is 18.7. The predicted molar refractivity (Wildman–Crippen MR) is 134 cm³/mol. The van der Waals surface area contributed by atoms with Crippen molar-refractivity contribution >= 4 is 17.5 Å². The second-order valence-electron chi connectivity index (χ2n) is 7.84. The van der Waals surface area contributed by atoms with Crippen molar-refractivity contribution in [2.24, 2.45) is 0 Å². The molecule has 6 nitrogen and oxygen atoms in total. The largest absolute Gasteiger partial charge is 0.513 e. The average Bonchev–Trinajstić information content (AvgIpc) is 3.23. The molecule has 0 radical (unpaired) electrons. The molecule has 0 spiro atoms. The number of benzene rings is 3. The Kier molecular flexibility index (Phi) is 6.99. The van der Waals surface area contributed by atoms with E-state index in [0.29, 0.717) is 35.2 Å². The van der Waals surface area contributed by atoms with Crippen molar-refractivity contribution in [1.29, 1.82) is 0 Å². The van der Waals surface area contributed by atoms with Crippen LogP contribution < -0.4 is 10.1 Å². The molecule has 0 fully saturated rings. The van der Waals surface area contributed by atoms with Gasteiger partial charge in [-0.15, -0.1) is 5.10 Å². The van der Waals surface area contributed by atoms with Crippen LogP contribution in [0.25, 0.3) is 16.8 Å². The maximum absolute atomic E-state index is 12.3. The lowest BCUT2D eigenvalue weighted by Gasteiger charge is -2.08. The van der Waals surface area contributed by atoms with E-state index in [0.717, 1.165) is 22.4 Å². The number of nitrogens with zero attached hydrogens (tertiary/aromatic N) is 2. The zero-order valence-corrected chi connectivity index (χ0v) is 19.4. The summed E-state index contributed by atoms with van der Waals surface area (Å²) in [5.41, 5.74) is 4.25. The van der Waals surface area contributed by atoms with Gasteiger partial charge in [-0.2, -0.15) is 0 Å². The van der Waals surface area contributed by atoms with Crippen LogP contribution in [0.15, 0.2) is 91.3 Å². The van der Waals surface area contributed by atoms with Gasteiger partial charge in [-0.25, -0.2) is 4.68 Å². The second kappa shape index (κ2) is 10.3. The summed E-state index contributed by atoms with van der Waals surface area (Å²) in [6.45, 7) is 5.76. The number of carbonyl (C=O) groups excluding carboxylic acids is 1. The SMILES string of the molecule is C=C(O)CCNC(=O)c1ccc(Oc2nn(-c3cccc(Cl)c3)cc2-c2ccc(C)cc2)cc1. The molecular formula is C27H24ClN3O3. The quantitative estimate of drug-likeness (QED) is 0.287. The van der Waals surface area contributed by atoms with Gasteiger partial charge >= 0.3 is 0 Å². The number of hydrogen-bond donors (Lipinski definition) is 2. The Hall–Kier alpha value is -4.03. The molecule has 0 aliphatic rings. The molecule has 4 rings (SSSR count). The highest BCUT2D eigenvalue weighted by atomic mass is 35.5. The van der Waals surface area contributed by atoms with E-state index < -0.39 is 0 Å². The van der Waals surface area contributed by atoms with Crippen LogP contribution in [0.2, 0.25) is 5.02 Å². The van der Waals surface area contributed by atoms with Crippen molar-refractivity contribution in [1.82, 2.24) is 15.1 Å². The number of aryl methyl sites for hydroxylation is 1. The summed E-state index contributed by atoms with van der Waals surface area (Å²) in [7, 11) is 0. The standard InChI is InChI=1S/C27H24ClN3O3/c1-18-6-8-20(9-7-18)25-17-31(23-5-3-4-22(28)16-23)30-27(25)34-24-12-10-21(11-13-24)26(33)29-15-14-19(2)32/h3-13,16-17,32H,2,14-15H2,1H3,(H,29,33). The van der Waals surface area contributed by atoms with E-state index in [-0.39, 0.29) is 11.7 Å². The third kappa shape index (κ3) is 5.66. The highest BCUT2D eigenvalue weighted by Gasteiger charge is 2.15. The summed E-state index contributed by atoms with van der Waals surface area (Å²) in [5, 5.41) is 17.1. The molecule has 0 aliphatic heterocycles. The lowest BCUT2D eigenvalue weighted by Crippen LogP contribution is -2.24. The Labute approximate surface area is 203 Å². The predicted octanol–water partition coefficient (Wildman–Crippen LogP) is 6.49. The van der Waals surface area contributed by atoms with Gasteiger partial charge in [0.25, 0.3) is 5.91 Å². The smallest absolute Gasteiger partial charge is 0.251 e. The Morgan fingerprint density at radius 1 is 1.12 bits per heavy atom. The number of hydrogen-bond acceptors (Lipinski definition) is 4. The second-order valence-corrected chi connectivity index (χ2v) is 8.27. The monoisotopic (exact) mass is 473 g/mol. The van der Waals surface area contributed by atoms with Crippen LogP contribution in [0.5, 0.6) is 11.6 Å². The first-order valence-corrected chi connectivity index (χ1v) is 11.1. The van der Waals surface area contributed by atoms with Crippen LogP contribution in [0, 0.1) is 6.92 Å². The molecule has 0 saturated carbocycles. The molecule has 4 aromatic rings. The molecule has 1 heterocycles. The van der Waals surface area contributed by atoms with E-state index >= 15 is 0 Å². The zero-order chi connectivity index (χ0) is 24.1. The Morgan fingerprint density at radius 3 is 2.53 bits per heavy atom. The van der Waals surface area contributed by atoms with E-state index in [1.54, 1.807) is 28.9 Å². The van der Waals surface area contributed by atoms with Crippen molar-refractivity contribution in [3.8, 4) is 28.4 Å². The number of aliphatic hydroxyl groups excluding tert-OH is 1. The molecule has 2 N–H and O–H groups in total. The molecule has 1 aromatic heterocycles. The van der Waals surface area contributed by atoms with Crippen LogP contribution >= 0.6 is 11.6 Å². The number of aliphatic hydroxyl groups is 1. The highest BCUT2D eigenvalue weighted by Crippen LogP contribution is 2.33. The first-order valence-electron chi connectivity index (χ1n) is 10.7. The summed E-state index contributed by atoms with van der Waals surface area (Å²) >= 11 is 6.17. The van der Waals surface area contributed by atoms with Crippen molar-refractivity contribution in [2.45, 2.75) is 13.3 Å². The number of carbonyl (C=O) groups is 1. The summed E-state index contributed by atoms with van der Waals surface area (Å²) < 4.78 is 7.86. The van der Waals surface area contributed by atoms with Crippen molar-refractivity contribution < 1.29 is 14.6 Å². The molecule has 0 bridgehead atoms. The number of halogens is 1. The molecule has 0 unspecified atom stereocenters. The lowest BCUT2D eigenvalue weighted by molar-refractivity contribution is 0.0953. The minimum atomic E-state index is -0.238. The van der Waals surface area contributed by atoms with Crippen molar-refractivity contribution in [3.05, 3.63) is 107 Å². The normalized spacial score (nSPS) is 10.6. The highest BCUT2D eigenvalue weighted by molar-refractivity contribution is 6.30. The summed E-state index contributed by atoms with van der Waals surface area (Å²) in [6, 6.07) is 22.3. The number of nitrogens with one attached hydrogen (secondary N) is 1. The van der Waals surface area contributed by atoms with Gasteiger partial charge in [-0.3, -0.25) is 4.79 Å². The molecule has 3 aromatic carbocycles. The van der Waals surface area contributed by atoms with E-state index in [1.807, 2.05) is 61.7 Å². The van der Waals surface area contributed by atoms with E-state index in [4.69, 9.17) is 21.4 Å². The molecule has 0 aliphatic carbocycles. The Morgan fingerprint density at radius 2 is 1.85 bits per heavy atom. The Bertz CT molecular complexity index is 1310. The topological polar surface area (TPSA) is 76.4 Å². The first-order chi connectivity index (χ1) is 16.4. The summed E-state index contributed by atoms with van der Waals surface area (Å²) in [6.07, 6.45) is 2.21. The minimum absolute atomic E-state index is 0.0330. The van der Waals surface area contributed by atoms with Crippen LogP contribution in [0.1, 0.15) is 22.3 Å². The van der Waals surface area contributed by atoms with Crippen LogP contribution in [-0.4, -0.2) is 27.3 Å². The lowest BCUT2D eigenvalue weighted by atomic mass is 10.1. The van der Waals surface area contributed by atoms with Gasteiger partial charge < -0.3 is 15.2 Å². The minimum Gasteiger partial charge on any atom is -0.513 e. The van der Waals surface area contributed by atoms with E-state index in [9.17, 15) is 4.79 Å². The van der Waals surface area contributed by atoms with Crippen molar-refractivity contribution in [3.63, 3.8) is 0 Å². The third-order valence-electron chi connectivity index (χ3n) is 5.15. The maximum Gasteiger partial charge on any atom is 0.251 e. The molecule has 1 amide bonds. The molecule has 0 atom stereocenters. The third-order valence-corrected chi connectivity index (χ3v) is 5.38. The van der Waals surface area contributed by atoms with E-state index in [1.165, 1.54) is 0 Å². The Balaban J connectivity index is 1.59. The first kappa shape index (κ1) is 23.1. The number of amides is 1. The van der Waals surface area contributed by atoms with Gasteiger partial charge in [0, 0.05) is 29.7 Å². The number of aromatic nitrogens is 2.